The van der Waals surface area contributed by atoms with Crippen molar-refractivity contribution in [2.45, 2.75) is 25.3 Å². The first kappa shape index (κ1) is 14.6. The molecule has 2 aromatic rings. The molecule has 1 aliphatic heterocycles. The molecule has 116 valence electrons. The minimum absolute atomic E-state index is 0.0908. The maximum atomic E-state index is 13.0. The van der Waals surface area contributed by atoms with Crippen LogP contribution in [0.3, 0.4) is 0 Å². The van der Waals surface area contributed by atoms with Crippen molar-refractivity contribution >= 4 is 22.8 Å². The SMILES string of the molecule is COC(=O)[C@H]1CCCCN1C(=O)c1cn(C)c2ccccc12. The van der Waals surface area contributed by atoms with Gasteiger partial charge in [0.15, 0.2) is 0 Å². The van der Waals surface area contributed by atoms with E-state index in [1.54, 1.807) is 4.90 Å². The molecule has 1 aromatic heterocycles. The number of para-hydroxylation sites is 1. The van der Waals surface area contributed by atoms with Gasteiger partial charge in [0, 0.05) is 30.7 Å². The van der Waals surface area contributed by atoms with Crippen LogP contribution in [0.4, 0.5) is 0 Å². The molecule has 0 N–H and O–H groups in total. The van der Waals surface area contributed by atoms with Crippen LogP contribution in [-0.2, 0) is 16.6 Å². The predicted octanol–water partition coefficient (Wildman–Crippen LogP) is 2.35. The number of carbonyl (C=O) groups is 2. The fraction of sp³-hybridized carbons (Fsp3) is 0.412. The fourth-order valence-electron chi connectivity index (χ4n) is 3.22. The largest absolute Gasteiger partial charge is 0.467 e. The monoisotopic (exact) mass is 300 g/mol. The number of amides is 1. The minimum atomic E-state index is -0.467. The van der Waals surface area contributed by atoms with Gasteiger partial charge in [-0.25, -0.2) is 4.79 Å². The number of esters is 1. The van der Waals surface area contributed by atoms with Gasteiger partial charge in [0.2, 0.25) is 0 Å². The molecule has 0 spiro atoms. The molecule has 1 aromatic carbocycles. The van der Waals surface area contributed by atoms with E-state index < -0.39 is 6.04 Å². The summed E-state index contributed by atoms with van der Waals surface area (Å²) in [7, 11) is 3.30. The second-order valence-corrected chi connectivity index (χ2v) is 5.70. The Morgan fingerprint density at radius 2 is 2.00 bits per heavy atom. The van der Waals surface area contributed by atoms with Crippen LogP contribution < -0.4 is 0 Å². The lowest BCUT2D eigenvalue weighted by atomic mass is 10.0. The van der Waals surface area contributed by atoms with Gasteiger partial charge < -0.3 is 14.2 Å². The van der Waals surface area contributed by atoms with E-state index in [0.717, 1.165) is 23.7 Å². The Bertz CT molecular complexity index is 720. The van der Waals surface area contributed by atoms with E-state index in [2.05, 4.69) is 0 Å². The quantitative estimate of drug-likeness (QED) is 0.800. The van der Waals surface area contributed by atoms with Gasteiger partial charge in [-0.3, -0.25) is 4.79 Å². The first-order valence-corrected chi connectivity index (χ1v) is 7.56. The first-order valence-electron chi connectivity index (χ1n) is 7.56. The number of hydrogen-bond acceptors (Lipinski definition) is 3. The highest BCUT2D eigenvalue weighted by molar-refractivity contribution is 6.08. The van der Waals surface area contributed by atoms with Crippen LogP contribution >= 0.6 is 0 Å². The van der Waals surface area contributed by atoms with E-state index in [-0.39, 0.29) is 11.9 Å². The maximum absolute atomic E-state index is 13.0. The van der Waals surface area contributed by atoms with E-state index in [1.165, 1.54) is 7.11 Å². The number of aromatic nitrogens is 1. The van der Waals surface area contributed by atoms with Gasteiger partial charge >= 0.3 is 5.97 Å². The molecular formula is C17H20N2O3. The fourth-order valence-corrected chi connectivity index (χ4v) is 3.22. The summed E-state index contributed by atoms with van der Waals surface area (Å²) in [6, 6.07) is 7.34. The highest BCUT2D eigenvalue weighted by Crippen LogP contribution is 2.25. The minimum Gasteiger partial charge on any atom is -0.467 e. The Morgan fingerprint density at radius 1 is 1.23 bits per heavy atom. The molecule has 0 aliphatic carbocycles. The number of piperidine rings is 1. The highest BCUT2D eigenvalue weighted by Gasteiger charge is 2.34. The van der Waals surface area contributed by atoms with Gasteiger partial charge in [-0.05, 0) is 25.3 Å². The molecule has 2 heterocycles. The number of ether oxygens (including phenoxy) is 1. The number of rotatable bonds is 2. The number of likely N-dealkylation sites (tertiary alicyclic amines) is 1. The number of aryl methyl sites for hydroxylation is 1. The maximum Gasteiger partial charge on any atom is 0.328 e. The van der Waals surface area contributed by atoms with Crippen LogP contribution in [0.15, 0.2) is 30.5 Å². The summed E-state index contributed by atoms with van der Waals surface area (Å²) in [5, 5.41) is 0.921. The standard InChI is InChI=1S/C17H20N2O3/c1-18-11-13(12-7-3-4-8-14(12)18)16(20)19-10-6-5-9-15(19)17(21)22-2/h3-4,7-8,11,15H,5-6,9-10H2,1-2H3/t15-/m1/s1. The topological polar surface area (TPSA) is 51.5 Å². The normalized spacial score (nSPS) is 18.5. The zero-order chi connectivity index (χ0) is 15.7. The Hall–Kier alpha value is -2.30. The lowest BCUT2D eigenvalue weighted by Gasteiger charge is -2.33. The van der Waals surface area contributed by atoms with Crippen LogP contribution in [0.1, 0.15) is 29.6 Å². The zero-order valence-electron chi connectivity index (χ0n) is 12.9. The van der Waals surface area contributed by atoms with Gasteiger partial charge in [-0.1, -0.05) is 18.2 Å². The third-order valence-electron chi connectivity index (χ3n) is 4.36. The van der Waals surface area contributed by atoms with Crippen molar-refractivity contribution in [2.24, 2.45) is 7.05 Å². The average Bonchev–Trinajstić information content (AvgIpc) is 2.91. The van der Waals surface area contributed by atoms with Crippen molar-refractivity contribution in [2.75, 3.05) is 13.7 Å². The number of methoxy groups -OCH3 is 1. The van der Waals surface area contributed by atoms with E-state index in [4.69, 9.17) is 4.74 Å². The Morgan fingerprint density at radius 3 is 2.77 bits per heavy atom. The van der Waals surface area contributed by atoms with Gasteiger partial charge in [-0.15, -0.1) is 0 Å². The van der Waals surface area contributed by atoms with Crippen LogP contribution in [0, 0.1) is 0 Å². The molecule has 1 fully saturated rings. The molecule has 1 atom stereocenters. The third-order valence-corrected chi connectivity index (χ3v) is 4.36. The molecule has 0 unspecified atom stereocenters. The summed E-state index contributed by atoms with van der Waals surface area (Å²) in [6.07, 6.45) is 4.38. The molecule has 1 aliphatic rings. The lowest BCUT2D eigenvalue weighted by molar-refractivity contribution is -0.147. The number of fused-ring (bicyclic) bond motifs is 1. The summed E-state index contributed by atoms with van der Waals surface area (Å²) < 4.78 is 6.80. The molecule has 1 saturated heterocycles. The van der Waals surface area contributed by atoms with E-state index in [0.29, 0.717) is 18.5 Å². The van der Waals surface area contributed by atoms with Gasteiger partial charge in [0.25, 0.3) is 5.91 Å². The number of nitrogens with zero attached hydrogens (tertiary/aromatic N) is 2. The molecule has 5 nitrogen and oxygen atoms in total. The predicted molar refractivity (Wildman–Crippen MR) is 83.6 cm³/mol. The van der Waals surface area contributed by atoms with Crippen molar-refractivity contribution < 1.29 is 14.3 Å². The number of carbonyl (C=O) groups excluding carboxylic acids is 2. The summed E-state index contributed by atoms with van der Waals surface area (Å²) in [5.74, 6) is -0.416. The number of hydrogen-bond donors (Lipinski definition) is 0. The summed E-state index contributed by atoms with van der Waals surface area (Å²) in [4.78, 5) is 26.6. The molecule has 0 saturated carbocycles. The summed E-state index contributed by atoms with van der Waals surface area (Å²) in [6.45, 7) is 0.599. The van der Waals surface area contributed by atoms with Crippen LogP contribution in [0.2, 0.25) is 0 Å². The van der Waals surface area contributed by atoms with Crippen molar-refractivity contribution in [1.29, 1.82) is 0 Å². The molecular weight excluding hydrogens is 280 g/mol. The Kier molecular flexibility index (Phi) is 3.88. The van der Waals surface area contributed by atoms with Gasteiger partial charge in [0.05, 0.1) is 12.7 Å². The van der Waals surface area contributed by atoms with Crippen LogP contribution in [0.25, 0.3) is 10.9 Å². The van der Waals surface area contributed by atoms with Crippen LogP contribution in [0.5, 0.6) is 0 Å². The Balaban J connectivity index is 1.99. The molecule has 5 heteroatoms. The van der Waals surface area contributed by atoms with Crippen molar-refractivity contribution in [3.8, 4) is 0 Å². The van der Waals surface area contributed by atoms with E-state index in [1.807, 2.05) is 42.1 Å². The van der Waals surface area contributed by atoms with Crippen molar-refractivity contribution in [3.05, 3.63) is 36.0 Å². The summed E-state index contributed by atoms with van der Waals surface area (Å²) in [5.41, 5.74) is 1.66. The summed E-state index contributed by atoms with van der Waals surface area (Å²) >= 11 is 0. The smallest absolute Gasteiger partial charge is 0.328 e. The van der Waals surface area contributed by atoms with Crippen molar-refractivity contribution in [1.82, 2.24) is 9.47 Å². The van der Waals surface area contributed by atoms with Gasteiger partial charge in [0.1, 0.15) is 6.04 Å². The highest BCUT2D eigenvalue weighted by atomic mass is 16.5. The average molecular weight is 300 g/mol. The number of benzene rings is 1. The molecule has 3 rings (SSSR count). The second kappa shape index (κ2) is 5.83. The molecule has 22 heavy (non-hydrogen) atoms. The van der Waals surface area contributed by atoms with Crippen molar-refractivity contribution in [3.63, 3.8) is 0 Å². The molecule has 0 bridgehead atoms. The zero-order valence-corrected chi connectivity index (χ0v) is 12.9. The van der Waals surface area contributed by atoms with Crippen LogP contribution in [-0.4, -0.2) is 41.0 Å². The third kappa shape index (κ3) is 2.36. The van der Waals surface area contributed by atoms with Gasteiger partial charge in [-0.2, -0.15) is 0 Å². The second-order valence-electron chi connectivity index (χ2n) is 5.70. The molecule has 0 radical (unpaired) electrons. The van der Waals surface area contributed by atoms with E-state index in [9.17, 15) is 9.59 Å². The lowest BCUT2D eigenvalue weighted by Crippen LogP contribution is -2.48. The molecule has 1 amide bonds. The first-order chi connectivity index (χ1) is 10.6. The van der Waals surface area contributed by atoms with E-state index >= 15 is 0 Å². The Labute approximate surface area is 129 Å².